The number of carbonyl (C=O) groups excluding carboxylic acids is 1. The van der Waals surface area contributed by atoms with Crippen LogP contribution in [0.4, 0.5) is 0 Å². The fraction of sp³-hybridized carbons (Fsp3) is 0.250. The van der Waals surface area contributed by atoms with Crippen LogP contribution in [0.1, 0.15) is 34.6 Å². The standard InChI is InChI=1S/C24H20ClN3O4S/c25-16-6-3-4-14-13-33-18-7-2-1-5-15(18)21(20(14)16)28-19-12-32-11-10-26(19)24(31)22-23(30)17(29)8-9-27(22)28/h1-9,19,21,30H,10-13H2/t19-,21+/m1/s1/i21D. The van der Waals surface area contributed by atoms with Gasteiger partial charge < -0.3 is 14.7 Å². The maximum absolute atomic E-state index is 13.4. The van der Waals surface area contributed by atoms with Crippen molar-refractivity contribution in [2.75, 3.05) is 24.8 Å². The maximum Gasteiger partial charge on any atom is 0.278 e. The summed E-state index contributed by atoms with van der Waals surface area (Å²) in [7, 11) is 0. The SMILES string of the molecule is [2H][C@]1(N2[C@@H]3COCCN3C(=O)c3c(O)c(=O)ccn32)c2ccccc2SCc2cccc(Cl)c21. The number of aromatic hydroxyl groups is 1. The second-order valence-electron chi connectivity index (χ2n) is 8.03. The first-order valence-electron chi connectivity index (χ1n) is 11.1. The van der Waals surface area contributed by atoms with E-state index in [1.54, 1.807) is 27.7 Å². The highest BCUT2D eigenvalue weighted by Crippen LogP contribution is 2.46. The van der Waals surface area contributed by atoms with E-state index < -0.39 is 29.3 Å². The van der Waals surface area contributed by atoms with Crippen LogP contribution in [-0.2, 0) is 10.5 Å². The van der Waals surface area contributed by atoms with Crippen molar-refractivity contribution < 1.29 is 16.0 Å². The molecule has 2 aromatic carbocycles. The second-order valence-corrected chi connectivity index (χ2v) is 9.45. The van der Waals surface area contributed by atoms with Crippen molar-refractivity contribution in [2.24, 2.45) is 0 Å². The maximum atomic E-state index is 13.4. The van der Waals surface area contributed by atoms with Crippen LogP contribution in [0.5, 0.6) is 5.75 Å². The lowest BCUT2D eigenvalue weighted by molar-refractivity contribution is -0.0197. The Hall–Kier alpha value is -2.94. The summed E-state index contributed by atoms with van der Waals surface area (Å²) in [5.41, 5.74) is 1.37. The van der Waals surface area contributed by atoms with Gasteiger partial charge in [-0.1, -0.05) is 41.9 Å². The lowest BCUT2D eigenvalue weighted by Gasteiger charge is -2.51. The van der Waals surface area contributed by atoms with Crippen molar-refractivity contribution in [2.45, 2.75) is 22.8 Å². The average molecular weight is 483 g/mol. The van der Waals surface area contributed by atoms with Crippen LogP contribution in [0.25, 0.3) is 0 Å². The largest absolute Gasteiger partial charge is 0.502 e. The number of rotatable bonds is 1. The van der Waals surface area contributed by atoms with Crippen LogP contribution in [0.2, 0.25) is 5.02 Å². The molecule has 2 atom stereocenters. The Labute approximate surface area is 200 Å². The predicted molar refractivity (Wildman–Crippen MR) is 126 cm³/mol. The zero-order valence-corrected chi connectivity index (χ0v) is 19.0. The van der Waals surface area contributed by atoms with Gasteiger partial charge in [0, 0.05) is 40.0 Å². The number of hydrogen-bond acceptors (Lipinski definition) is 6. The van der Waals surface area contributed by atoms with Gasteiger partial charge in [0.2, 0.25) is 5.43 Å². The minimum atomic E-state index is -1.60. The molecule has 1 amide bonds. The first-order chi connectivity index (χ1) is 16.4. The molecule has 9 heteroatoms. The lowest BCUT2D eigenvalue weighted by atomic mass is 9.93. The van der Waals surface area contributed by atoms with E-state index in [2.05, 4.69) is 0 Å². The molecule has 3 aliphatic heterocycles. The van der Waals surface area contributed by atoms with Gasteiger partial charge in [0.15, 0.2) is 11.4 Å². The number of aromatic nitrogens is 1. The van der Waals surface area contributed by atoms with Crippen molar-refractivity contribution in [3.05, 3.63) is 92.4 Å². The summed E-state index contributed by atoms with van der Waals surface area (Å²) in [5, 5.41) is 12.8. The van der Waals surface area contributed by atoms with Gasteiger partial charge in [-0.3, -0.25) is 19.3 Å². The Morgan fingerprint density at radius 3 is 2.88 bits per heavy atom. The summed E-state index contributed by atoms with van der Waals surface area (Å²) in [6.07, 6.45) is 0.780. The summed E-state index contributed by atoms with van der Waals surface area (Å²) in [5.74, 6) is -0.492. The summed E-state index contributed by atoms with van der Waals surface area (Å²) >= 11 is 8.41. The Kier molecular flexibility index (Phi) is 4.63. The van der Waals surface area contributed by atoms with Crippen LogP contribution < -0.4 is 10.4 Å². The number of ether oxygens (including phenoxy) is 1. The van der Waals surface area contributed by atoms with Crippen molar-refractivity contribution in [3.63, 3.8) is 0 Å². The van der Waals surface area contributed by atoms with E-state index in [0.717, 1.165) is 10.5 Å². The highest BCUT2D eigenvalue weighted by molar-refractivity contribution is 7.98. The van der Waals surface area contributed by atoms with Gasteiger partial charge in [0.05, 0.1) is 14.6 Å². The number of hydrogen-bond donors (Lipinski definition) is 1. The summed E-state index contributed by atoms with van der Waals surface area (Å²) in [6.45, 7) is 0.751. The smallest absolute Gasteiger partial charge is 0.278 e. The molecule has 0 bridgehead atoms. The summed E-state index contributed by atoms with van der Waals surface area (Å²) < 4.78 is 17.4. The Morgan fingerprint density at radius 1 is 1.15 bits per heavy atom. The molecule has 168 valence electrons. The van der Waals surface area contributed by atoms with Gasteiger partial charge in [-0.25, -0.2) is 0 Å². The number of benzene rings is 2. The fourth-order valence-corrected chi connectivity index (χ4v) is 6.06. The number of pyridine rings is 1. The molecular formula is C24H20ClN3O4S. The van der Waals surface area contributed by atoms with E-state index >= 15 is 0 Å². The molecule has 1 fully saturated rings. The topological polar surface area (TPSA) is 75.0 Å². The molecule has 0 unspecified atom stereocenters. The first kappa shape index (κ1) is 19.5. The highest BCUT2D eigenvalue weighted by atomic mass is 35.5. The molecule has 33 heavy (non-hydrogen) atoms. The zero-order valence-electron chi connectivity index (χ0n) is 18.4. The van der Waals surface area contributed by atoms with Gasteiger partial charge in [-0.05, 0) is 23.3 Å². The number of fused-ring (bicyclic) bond motifs is 4. The van der Waals surface area contributed by atoms with Crippen LogP contribution >= 0.6 is 23.4 Å². The third kappa shape index (κ3) is 3.08. The normalized spacial score (nSPS) is 24.2. The van der Waals surface area contributed by atoms with Crippen molar-refractivity contribution in [1.82, 2.24) is 9.58 Å². The zero-order chi connectivity index (χ0) is 23.6. The molecule has 1 N–H and O–H groups in total. The predicted octanol–water partition coefficient (Wildman–Crippen LogP) is 3.35. The molecular weight excluding hydrogens is 462 g/mol. The van der Waals surface area contributed by atoms with Crippen molar-refractivity contribution >= 4 is 29.3 Å². The van der Waals surface area contributed by atoms with E-state index in [9.17, 15) is 16.1 Å². The van der Waals surface area contributed by atoms with Gasteiger partial charge in [0.1, 0.15) is 12.2 Å². The molecule has 0 aliphatic carbocycles. The van der Waals surface area contributed by atoms with Gasteiger partial charge in [0.25, 0.3) is 5.91 Å². The molecule has 7 nitrogen and oxygen atoms in total. The van der Waals surface area contributed by atoms with Crippen molar-refractivity contribution in [3.8, 4) is 5.75 Å². The molecule has 0 spiro atoms. The Balaban J connectivity index is 1.73. The molecule has 0 saturated carbocycles. The van der Waals surface area contributed by atoms with Gasteiger partial charge in [-0.2, -0.15) is 0 Å². The monoisotopic (exact) mass is 482 g/mol. The lowest BCUT2D eigenvalue weighted by Crippen LogP contribution is -2.66. The molecule has 4 heterocycles. The Morgan fingerprint density at radius 2 is 2.00 bits per heavy atom. The first-order valence-corrected chi connectivity index (χ1v) is 11.9. The van der Waals surface area contributed by atoms with E-state index in [0.29, 0.717) is 28.5 Å². The fourth-order valence-electron chi connectivity index (χ4n) is 4.73. The summed E-state index contributed by atoms with van der Waals surface area (Å²) in [6, 6.07) is 12.8. The minimum Gasteiger partial charge on any atom is -0.502 e. The molecule has 0 radical (unpaired) electrons. The number of thioether (sulfide) groups is 1. The highest BCUT2D eigenvalue weighted by Gasteiger charge is 2.46. The van der Waals surface area contributed by atoms with E-state index in [-0.39, 0.29) is 18.8 Å². The van der Waals surface area contributed by atoms with E-state index in [1.165, 1.54) is 16.9 Å². The second kappa shape index (κ2) is 7.83. The third-order valence-electron chi connectivity index (χ3n) is 6.23. The van der Waals surface area contributed by atoms with Crippen LogP contribution in [0.3, 0.4) is 0 Å². The van der Waals surface area contributed by atoms with Crippen LogP contribution in [-0.4, -0.2) is 46.5 Å². The molecule has 6 rings (SSSR count). The van der Waals surface area contributed by atoms with Crippen LogP contribution in [0, 0.1) is 0 Å². The molecule has 3 aliphatic rings. The van der Waals surface area contributed by atoms with E-state index in [1.807, 2.05) is 36.4 Å². The molecule has 3 aromatic rings. The Bertz CT molecular complexity index is 1400. The number of carbonyl (C=O) groups is 1. The number of morpholine rings is 1. The van der Waals surface area contributed by atoms with E-state index in [4.69, 9.17) is 16.3 Å². The van der Waals surface area contributed by atoms with Gasteiger partial charge in [-0.15, -0.1) is 11.8 Å². The van der Waals surface area contributed by atoms with Crippen LogP contribution in [0.15, 0.2) is 64.4 Å². The number of nitrogens with zero attached hydrogens (tertiary/aromatic N) is 3. The minimum absolute atomic E-state index is 0.161. The average Bonchev–Trinajstić information content (AvgIpc) is 2.97. The van der Waals surface area contributed by atoms with Gasteiger partial charge >= 0.3 is 0 Å². The number of amides is 1. The van der Waals surface area contributed by atoms with Crippen molar-refractivity contribution in [1.29, 1.82) is 0 Å². The molecule has 1 aromatic heterocycles. The summed E-state index contributed by atoms with van der Waals surface area (Å²) in [4.78, 5) is 28.2. The molecule has 1 saturated heterocycles. The third-order valence-corrected chi connectivity index (χ3v) is 7.66. The quantitative estimate of drug-likeness (QED) is 0.573. The number of halogens is 1.